The van der Waals surface area contributed by atoms with Crippen molar-refractivity contribution < 1.29 is 27.5 Å². The van der Waals surface area contributed by atoms with Crippen molar-refractivity contribution in [3.8, 4) is 11.1 Å². The zero-order chi connectivity index (χ0) is 23.9. The molecule has 5 nitrogen and oxygen atoms in total. The van der Waals surface area contributed by atoms with Crippen LogP contribution < -0.4 is 5.32 Å². The van der Waals surface area contributed by atoms with Crippen LogP contribution in [0.25, 0.3) is 11.1 Å². The second kappa shape index (κ2) is 8.62. The number of halogens is 4. The van der Waals surface area contributed by atoms with Crippen molar-refractivity contribution in [3.63, 3.8) is 0 Å². The van der Waals surface area contributed by atoms with E-state index in [0.29, 0.717) is 11.1 Å². The van der Waals surface area contributed by atoms with Crippen molar-refractivity contribution in [2.45, 2.75) is 38.6 Å². The van der Waals surface area contributed by atoms with Crippen LogP contribution in [-0.2, 0) is 19.8 Å². The highest BCUT2D eigenvalue weighted by molar-refractivity contribution is 5.96. The van der Waals surface area contributed by atoms with Crippen LogP contribution in [0.5, 0.6) is 0 Å². The lowest BCUT2D eigenvalue weighted by Crippen LogP contribution is -2.30. The van der Waals surface area contributed by atoms with E-state index in [1.54, 1.807) is 19.1 Å². The minimum atomic E-state index is -4.67. The number of hydrogen-bond donors (Lipinski definition) is 2. The zero-order valence-electron chi connectivity index (χ0n) is 18.1. The summed E-state index contributed by atoms with van der Waals surface area (Å²) in [5, 5.41) is 16.1. The number of aryl methyl sites for hydroxylation is 2. The third-order valence-corrected chi connectivity index (χ3v) is 5.77. The minimum Gasteiger partial charge on any atom is -0.392 e. The van der Waals surface area contributed by atoms with E-state index in [1.165, 1.54) is 37.5 Å². The zero-order valence-corrected chi connectivity index (χ0v) is 18.1. The monoisotopic (exact) mass is 461 g/mol. The van der Waals surface area contributed by atoms with Gasteiger partial charge in [0.25, 0.3) is 5.91 Å². The van der Waals surface area contributed by atoms with Gasteiger partial charge in [0.15, 0.2) is 5.69 Å². The lowest BCUT2D eigenvalue weighted by molar-refractivity contribution is -0.140. The standard InChI is InChI=1S/C24H23F4N3O2/c1-13-7-16(5-6-20(13)25)21(15-3-4-15)29-23(33)18-9-14(12-32)8-17(10-18)19-11-31(2)30-22(19)24(26,27)28/h5-11,15,21,32H,3-4,12H2,1-2H3,(H,29,33). The molecule has 1 atom stereocenters. The number of carbonyl (C=O) groups excluding carboxylic acids is 1. The number of hydrogen-bond acceptors (Lipinski definition) is 3. The molecule has 4 rings (SSSR count). The summed E-state index contributed by atoms with van der Waals surface area (Å²) >= 11 is 0. The number of aliphatic hydroxyl groups excluding tert-OH is 1. The lowest BCUT2D eigenvalue weighted by Gasteiger charge is -2.20. The summed E-state index contributed by atoms with van der Waals surface area (Å²) in [5.74, 6) is -0.616. The predicted molar refractivity (Wildman–Crippen MR) is 114 cm³/mol. The highest BCUT2D eigenvalue weighted by Gasteiger charge is 2.38. The Balaban J connectivity index is 1.69. The van der Waals surface area contributed by atoms with Gasteiger partial charge in [-0.1, -0.05) is 12.1 Å². The van der Waals surface area contributed by atoms with E-state index in [-0.39, 0.29) is 34.5 Å². The Bertz CT molecular complexity index is 1200. The van der Waals surface area contributed by atoms with Gasteiger partial charge in [0.05, 0.1) is 12.6 Å². The largest absolute Gasteiger partial charge is 0.435 e. The molecule has 1 aromatic heterocycles. The maximum atomic E-state index is 13.7. The van der Waals surface area contributed by atoms with E-state index >= 15 is 0 Å². The van der Waals surface area contributed by atoms with Crippen molar-refractivity contribution in [3.05, 3.63) is 76.4 Å². The topological polar surface area (TPSA) is 67.2 Å². The predicted octanol–water partition coefficient (Wildman–Crippen LogP) is 4.93. The molecular weight excluding hydrogens is 438 g/mol. The summed E-state index contributed by atoms with van der Waals surface area (Å²) in [6.07, 6.45) is -1.62. The first kappa shape index (κ1) is 23.0. The SMILES string of the molecule is Cc1cc(C(NC(=O)c2cc(CO)cc(-c3cn(C)nc3C(F)(F)F)c2)C2CC2)ccc1F. The number of benzene rings is 2. The summed E-state index contributed by atoms with van der Waals surface area (Å²) in [4.78, 5) is 13.1. The van der Waals surface area contributed by atoms with Crippen LogP contribution in [0.15, 0.2) is 42.6 Å². The average molecular weight is 461 g/mol. The second-order valence-corrected chi connectivity index (χ2v) is 8.44. The molecule has 1 saturated carbocycles. The van der Waals surface area contributed by atoms with Gasteiger partial charge in [0.1, 0.15) is 5.82 Å². The van der Waals surface area contributed by atoms with E-state index in [9.17, 15) is 27.5 Å². The van der Waals surface area contributed by atoms with Gasteiger partial charge in [-0.15, -0.1) is 0 Å². The van der Waals surface area contributed by atoms with E-state index in [4.69, 9.17) is 0 Å². The molecule has 2 N–H and O–H groups in total. The maximum absolute atomic E-state index is 13.7. The summed E-state index contributed by atoms with van der Waals surface area (Å²) < 4.78 is 55.2. The fourth-order valence-corrected chi connectivity index (χ4v) is 3.97. The van der Waals surface area contributed by atoms with Gasteiger partial charge in [-0.3, -0.25) is 9.48 Å². The van der Waals surface area contributed by atoms with Gasteiger partial charge in [-0.25, -0.2) is 4.39 Å². The molecule has 1 amide bonds. The molecule has 9 heteroatoms. The summed E-state index contributed by atoms with van der Waals surface area (Å²) in [6, 6.07) is 8.55. The Kier molecular flexibility index (Phi) is 6.00. The van der Waals surface area contributed by atoms with Crippen molar-refractivity contribution in [1.29, 1.82) is 0 Å². The lowest BCUT2D eigenvalue weighted by atomic mass is 9.97. The number of nitrogens with one attached hydrogen (secondary N) is 1. The van der Waals surface area contributed by atoms with Gasteiger partial charge in [0.2, 0.25) is 0 Å². The van der Waals surface area contributed by atoms with E-state index in [2.05, 4.69) is 10.4 Å². The first-order valence-electron chi connectivity index (χ1n) is 10.5. The van der Waals surface area contributed by atoms with Gasteiger partial charge < -0.3 is 10.4 Å². The van der Waals surface area contributed by atoms with Gasteiger partial charge >= 0.3 is 6.18 Å². The highest BCUT2D eigenvalue weighted by Crippen LogP contribution is 2.42. The fourth-order valence-electron chi connectivity index (χ4n) is 3.97. The molecule has 0 bridgehead atoms. The average Bonchev–Trinajstić information content (AvgIpc) is 3.53. The third kappa shape index (κ3) is 4.93. The molecule has 174 valence electrons. The number of amides is 1. The number of aliphatic hydroxyl groups is 1. The van der Waals surface area contributed by atoms with Crippen LogP contribution in [0.3, 0.4) is 0 Å². The minimum absolute atomic E-state index is 0.123. The van der Waals surface area contributed by atoms with E-state index in [1.807, 2.05) is 0 Å². The van der Waals surface area contributed by atoms with Crippen molar-refractivity contribution in [1.82, 2.24) is 15.1 Å². The van der Waals surface area contributed by atoms with Crippen molar-refractivity contribution in [2.24, 2.45) is 13.0 Å². The second-order valence-electron chi connectivity index (χ2n) is 8.44. The third-order valence-electron chi connectivity index (χ3n) is 5.77. The molecule has 0 aliphatic heterocycles. The molecule has 0 radical (unpaired) electrons. The summed E-state index contributed by atoms with van der Waals surface area (Å²) in [5.41, 5.74) is 0.551. The van der Waals surface area contributed by atoms with Crippen LogP contribution in [0, 0.1) is 18.7 Å². The van der Waals surface area contributed by atoms with Crippen LogP contribution in [-0.4, -0.2) is 20.8 Å². The van der Waals surface area contributed by atoms with Gasteiger partial charge in [-0.2, -0.15) is 18.3 Å². The van der Waals surface area contributed by atoms with E-state index < -0.39 is 24.4 Å². The van der Waals surface area contributed by atoms with Gasteiger partial charge in [0, 0.05) is 24.4 Å². The number of carbonyl (C=O) groups is 1. The Morgan fingerprint density at radius 3 is 2.58 bits per heavy atom. The Labute approximate surface area is 188 Å². The Hall–Kier alpha value is -3.20. The smallest absolute Gasteiger partial charge is 0.392 e. The Morgan fingerprint density at radius 2 is 1.97 bits per heavy atom. The molecule has 1 fully saturated rings. The quantitative estimate of drug-likeness (QED) is 0.512. The molecule has 0 saturated heterocycles. The summed E-state index contributed by atoms with van der Waals surface area (Å²) in [6.45, 7) is 1.20. The molecule has 1 heterocycles. The number of rotatable bonds is 6. The molecule has 1 unspecified atom stereocenters. The Morgan fingerprint density at radius 1 is 1.24 bits per heavy atom. The highest BCUT2D eigenvalue weighted by atomic mass is 19.4. The van der Waals surface area contributed by atoms with Crippen LogP contribution in [0.2, 0.25) is 0 Å². The van der Waals surface area contributed by atoms with Crippen LogP contribution in [0.4, 0.5) is 17.6 Å². The molecular formula is C24H23F4N3O2. The molecule has 33 heavy (non-hydrogen) atoms. The molecule has 2 aromatic carbocycles. The molecule has 3 aromatic rings. The fraction of sp³-hybridized carbons (Fsp3) is 0.333. The number of nitrogens with zero attached hydrogens (tertiary/aromatic N) is 2. The maximum Gasteiger partial charge on any atom is 0.435 e. The molecule has 0 spiro atoms. The van der Waals surface area contributed by atoms with Crippen molar-refractivity contribution in [2.75, 3.05) is 0 Å². The van der Waals surface area contributed by atoms with Gasteiger partial charge in [-0.05, 0) is 72.2 Å². The first-order chi connectivity index (χ1) is 15.6. The first-order valence-corrected chi connectivity index (χ1v) is 10.5. The normalized spacial score (nSPS) is 14.9. The summed E-state index contributed by atoms with van der Waals surface area (Å²) in [7, 11) is 1.38. The van der Waals surface area contributed by atoms with E-state index in [0.717, 1.165) is 23.1 Å². The molecule has 1 aliphatic carbocycles. The van der Waals surface area contributed by atoms with Crippen molar-refractivity contribution >= 4 is 5.91 Å². The van der Waals surface area contributed by atoms with Crippen LogP contribution >= 0.6 is 0 Å². The van der Waals surface area contributed by atoms with Crippen LogP contribution in [0.1, 0.15) is 51.6 Å². The number of aromatic nitrogens is 2. The number of alkyl halides is 3. The molecule has 1 aliphatic rings.